The lowest BCUT2D eigenvalue weighted by Gasteiger charge is -2.10. The van der Waals surface area contributed by atoms with E-state index in [2.05, 4.69) is 29.7 Å². The van der Waals surface area contributed by atoms with Crippen LogP contribution >= 0.6 is 11.6 Å². The first-order valence-corrected chi connectivity index (χ1v) is 5.74. The second-order valence-corrected chi connectivity index (χ2v) is 4.40. The Morgan fingerprint density at radius 1 is 1.43 bits per heavy atom. The second kappa shape index (κ2) is 5.40. The van der Waals surface area contributed by atoms with E-state index in [-0.39, 0.29) is 0 Å². The number of nitrogens with zero attached hydrogens (tertiary/aromatic N) is 2. The minimum atomic E-state index is 0.691. The van der Waals surface area contributed by atoms with Crippen molar-refractivity contribution in [3.63, 3.8) is 0 Å². The van der Waals surface area contributed by atoms with Crippen LogP contribution < -0.4 is 0 Å². The van der Waals surface area contributed by atoms with Gasteiger partial charge in [-0.3, -0.25) is 4.68 Å². The molecule has 1 aromatic heterocycles. The molecule has 0 saturated heterocycles. The monoisotopic (exact) mass is 214 g/mol. The van der Waals surface area contributed by atoms with Crippen molar-refractivity contribution in [1.29, 1.82) is 0 Å². The van der Waals surface area contributed by atoms with Gasteiger partial charge in [0.2, 0.25) is 0 Å². The summed E-state index contributed by atoms with van der Waals surface area (Å²) in [6, 6.07) is 2.12. The summed E-state index contributed by atoms with van der Waals surface area (Å²) in [4.78, 5) is 0. The highest BCUT2D eigenvalue weighted by atomic mass is 35.5. The summed E-state index contributed by atoms with van der Waals surface area (Å²) in [5.74, 6) is 1.45. The number of aryl methyl sites for hydroxylation is 3. The lowest BCUT2D eigenvalue weighted by molar-refractivity contribution is 0.444. The van der Waals surface area contributed by atoms with Crippen LogP contribution in [0.25, 0.3) is 0 Å². The van der Waals surface area contributed by atoms with Gasteiger partial charge in [-0.2, -0.15) is 5.10 Å². The Morgan fingerprint density at radius 2 is 2.14 bits per heavy atom. The van der Waals surface area contributed by atoms with Gasteiger partial charge >= 0.3 is 0 Å². The molecule has 0 radical (unpaired) electrons. The summed E-state index contributed by atoms with van der Waals surface area (Å²) in [5, 5.41) is 4.43. The molecule has 2 nitrogen and oxygen atoms in total. The second-order valence-electron chi connectivity index (χ2n) is 4.02. The predicted molar refractivity (Wildman–Crippen MR) is 60.8 cm³/mol. The Balaban J connectivity index is 2.41. The van der Waals surface area contributed by atoms with Gasteiger partial charge < -0.3 is 0 Å². The van der Waals surface area contributed by atoms with Crippen molar-refractivity contribution in [2.75, 3.05) is 5.88 Å². The fraction of sp³-hybridized carbons (Fsp3) is 0.727. The van der Waals surface area contributed by atoms with Gasteiger partial charge in [0.15, 0.2) is 0 Å². The highest BCUT2D eigenvalue weighted by molar-refractivity contribution is 6.17. The third kappa shape index (κ3) is 3.33. The average Bonchev–Trinajstić information content (AvgIpc) is 2.42. The third-order valence-corrected chi connectivity index (χ3v) is 2.76. The molecule has 14 heavy (non-hydrogen) atoms. The highest BCUT2D eigenvalue weighted by Gasteiger charge is 2.04. The Hall–Kier alpha value is -0.500. The first-order chi connectivity index (χ1) is 6.63. The molecule has 80 valence electrons. The molecule has 0 aromatic carbocycles. The van der Waals surface area contributed by atoms with Gasteiger partial charge in [-0.05, 0) is 38.7 Å². The number of aromatic nitrogens is 2. The molecule has 0 aliphatic carbocycles. The lowest BCUT2D eigenvalue weighted by Crippen LogP contribution is -2.07. The zero-order valence-electron chi connectivity index (χ0n) is 9.26. The highest BCUT2D eigenvalue weighted by Crippen LogP contribution is 2.11. The molecule has 1 rings (SSSR count). The summed E-state index contributed by atoms with van der Waals surface area (Å²) < 4.78 is 2.08. The molecule has 1 atom stereocenters. The molecule has 3 heteroatoms. The topological polar surface area (TPSA) is 17.8 Å². The van der Waals surface area contributed by atoms with Crippen LogP contribution in [0.5, 0.6) is 0 Å². The SMILES string of the molecule is Cc1cc(C)n(CCC(C)CCCl)n1. The van der Waals surface area contributed by atoms with Gasteiger partial charge in [-0.15, -0.1) is 11.6 Å². The molecule has 0 aliphatic heterocycles. The van der Waals surface area contributed by atoms with E-state index in [4.69, 9.17) is 11.6 Å². The summed E-state index contributed by atoms with van der Waals surface area (Å²) >= 11 is 5.69. The van der Waals surface area contributed by atoms with Crippen molar-refractivity contribution in [3.05, 3.63) is 17.5 Å². The number of hydrogen-bond donors (Lipinski definition) is 0. The predicted octanol–water partition coefficient (Wildman–Crippen LogP) is 3.16. The zero-order chi connectivity index (χ0) is 10.6. The van der Waals surface area contributed by atoms with Crippen molar-refractivity contribution in [1.82, 2.24) is 9.78 Å². The molecule has 0 bridgehead atoms. The van der Waals surface area contributed by atoms with Gasteiger partial charge in [0.25, 0.3) is 0 Å². The molecule has 1 aromatic rings. The van der Waals surface area contributed by atoms with E-state index in [0.717, 1.165) is 31.0 Å². The van der Waals surface area contributed by atoms with Crippen LogP contribution in [-0.2, 0) is 6.54 Å². The number of alkyl halides is 1. The molecule has 0 aliphatic rings. The minimum absolute atomic E-state index is 0.691. The van der Waals surface area contributed by atoms with Crippen LogP contribution in [0.1, 0.15) is 31.2 Å². The molecule has 1 heterocycles. The average molecular weight is 215 g/mol. The van der Waals surface area contributed by atoms with E-state index in [0.29, 0.717) is 5.92 Å². The summed E-state index contributed by atoms with van der Waals surface area (Å²) in [6.45, 7) is 7.39. The fourth-order valence-corrected chi connectivity index (χ4v) is 1.95. The van der Waals surface area contributed by atoms with Crippen molar-refractivity contribution >= 4 is 11.6 Å². The molecule has 0 amide bonds. The first kappa shape index (κ1) is 11.6. The van der Waals surface area contributed by atoms with Gasteiger partial charge in [0.1, 0.15) is 0 Å². The Bertz CT molecular complexity index is 281. The van der Waals surface area contributed by atoms with E-state index in [1.54, 1.807) is 0 Å². The third-order valence-electron chi connectivity index (χ3n) is 2.54. The van der Waals surface area contributed by atoms with Gasteiger partial charge in [-0.25, -0.2) is 0 Å². The maximum atomic E-state index is 5.69. The molecular formula is C11H19ClN2. The summed E-state index contributed by atoms with van der Waals surface area (Å²) in [5.41, 5.74) is 2.35. The first-order valence-electron chi connectivity index (χ1n) is 5.20. The quantitative estimate of drug-likeness (QED) is 0.689. The Labute approximate surface area is 91.3 Å². The lowest BCUT2D eigenvalue weighted by atomic mass is 10.1. The van der Waals surface area contributed by atoms with E-state index < -0.39 is 0 Å². The van der Waals surface area contributed by atoms with E-state index in [9.17, 15) is 0 Å². The van der Waals surface area contributed by atoms with Crippen LogP contribution in [0, 0.1) is 19.8 Å². The smallest absolute Gasteiger partial charge is 0.0596 e. The maximum absolute atomic E-state index is 5.69. The van der Waals surface area contributed by atoms with Crippen LogP contribution in [0.4, 0.5) is 0 Å². The van der Waals surface area contributed by atoms with Crippen molar-refractivity contribution in [2.24, 2.45) is 5.92 Å². The van der Waals surface area contributed by atoms with Gasteiger partial charge in [0.05, 0.1) is 5.69 Å². The largest absolute Gasteiger partial charge is 0.270 e. The number of rotatable bonds is 5. The molecule has 0 spiro atoms. The summed E-state index contributed by atoms with van der Waals surface area (Å²) in [7, 11) is 0. The molecule has 1 unspecified atom stereocenters. The molecule has 0 fully saturated rings. The van der Waals surface area contributed by atoms with Crippen LogP contribution in [0.15, 0.2) is 6.07 Å². The fourth-order valence-electron chi connectivity index (χ4n) is 1.57. The van der Waals surface area contributed by atoms with Crippen molar-refractivity contribution < 1.29 is 0 Å². The van der Waals surface area contributed by atoms with Crippen LogP contribution in [0.2, 0.25) is 0 Å². The molecule has 0 N–H and O–H groups in total. The van der Waals surface area contributed by atoms with Crippen molar-refractivity contribution in [2.45, 2.75) is 40.2 Å². The van der Waals surface area contributed by atoms with E-state index >= 15 is 0 Å². The van der Waals surface area contributed by atoms with E-state index in [1.165, 1.54) is 5.69 Å². The summed E-state index contributed by atoms with van der Waals surface area (Å²) in [6.07, 6.45) is 2.26. The molecular weight excluding hydrogens is 196 g/mol. The maximum Gasteiger partial charge on any atom is 0.0596 e. The minimum Gasteiger partial charge on any atom is -0.270 e. The molecule has 0 saturated carbocycles. The number of hydrogen-bond acceptors (Lipinski definition) is 1. The van der Waals surface area contributed by atoms with Crippen LogP contribution in [0.3, 0.4) is 0 Å². The standard InChI is InChI=1S/C11H19ClN2/c1-9(4-6-12)5-7-14-11(3)8-10(2)13-14/h8-9H,4-7H2,1-3H3. The zero-order valence-corrected chi connectivity index (χ0v) is 10.0. The Kier molecular flexibility index (Phi) is 4.46. The van der Waals surface area contributed by atoms with Crippen LogP contribution in [-0.4, -0.2) is 15.7 Å². The van der Waals surface area contributed by atoms with Crippen molar-refractivity contribution in [3.8, 4) is 0 Å². The Morgan fingerprint density at radius 3 is 2.64 bits per heavy atom. The van der Waals surface area contributed by atoms with Gasteiger partial charge in [-0.1, -0.05) is 6.92 Å². The number of halogens is 1. The normalized spacial score (nSPS) is 13.1. The van der Waals surface area contributed by atoms with Gasteiger partial charge in [0, 0.05) is 18.1 Å². The van der Waals surface area contributed by atoms with E-state index in [1.807, 2.05) is 6.92 Å².